The van der Waals surface area contributed by atoms with Crippen molar-refractivity contribution < 1.29 is 9.53 Å². The number of nitrogens with one attached hydrogen (secondary N) is 2. The molecule has 0 radical (unpaired) electrons. The summed E-state index contributed by atoms with van der Waals surface area (Å²) in [5, 5.41) is 10.6. The monoisotopic (exact) mass is 310 g/mol. The van der Waals surface area contributed by atoms with Gasteiger partial charge < -0.3 is 10.1 Å². The molecule has 23 heavy (non-hydrogen) atoms. The molecule has 3 aromatic rings. The van der Waals surface area contributed by atoms with E-state index in [-0.39, 0.29) is 12.3 Å². The largest absolute Gasteiger partial charge is 0.494 e. The highest BCUT2D eigenvalue weighted by Gasteiger charge is 2.11. The first-order valence-corrected chi connectivity index (χ1v) is 7.49. The number of rotatable bonds is 5. The number of hydrogen-bond donors (Lipinski definition) is 2. The van der Waals surface area contributed by atoms with Crippen LogP contribution in [0.3, 0.4) is 0 Å². The number of carbonyl (C=O) groups is 1. The van der Waals surface area contributed by atoms with Crippen LogP contribution in [0.5, 0.6) is 5.75 Å². The summed E-state index contributed by atoms with van der Waals surface area (Å²) in [6, 6.07) is 11.3. The molecule has 6 nitrogen and oxygen atoms in total. The summed E-state index contributed by atoms with van der Waals surface area (Å²) >= 11 is 0. The molecule has 1 aromatic carbocycles. The average molecular weight is 310 g/mol. The lowest BCUT2D eigenvalue weighted by Crippen LogP contribution is -2.14. The van der Waals surface area contributed by atoms with Crippen LogP contribution in [0.15, 0.2) is 36.4 Å². The first-order chi connectivity index (χ1) is 11.2. The van der Waals surface area contributed by atoms with Crippen molar-refractivity contribution in [3.63, 3.8) is 0 Å². The lowest BCUT2D eigenvalue weighted by atomic mass is 10.1. The Morgan fingerprint density at radius 2 is 2.00 bits per heavy atom. The molecule has 0 saturated carbocycles. The van der Waals surface area contributed by atoms with Gasteiger partial charge in [0, 0.05) is 5.69 Å². The Hall–Kier alpha value is -2.89. The Labute approximate surface area is 133 Å². The van der Waals surface area contributed by atoms with Gasteiger partial charge in [-0.25, -0.2) is 4.98 Å². The van der Waals surface area contributed by atoms with E-state index in [2.05, 4.69) is 20.5 Å². The third-order valence-corrected chi connectivity index (χ3v) is 3.42. The molecule has 0 bridgehead atoms. The molecule has 2 N–H and O–H groups in total. The van der Waals surface area contributed by atoms with Gasteiger partial charge in [-0.3, -0.25) is 9.89 Å². The predicted octanol–water partition coefficient (Wildman–Crippen LogP) is 2.85. The standard InChI is InChI=1S/C17H18N4O2/c1-3-23-13-7-5-12(6-8-13)10-15(22)19-17-14-9-4-11(2)18-16(14)20-21-17/h4-9H,3,10H2,1-2H3,(H2,18,19,20,21,22). The quantitative estimate of drug-likeness (QED) is 0.759. The van der Waals surface area contributed by atoms with E-state index in [0.29, 0.717) is 18.1 Å². The van der Waals surface area contributed by atoms with Crippen LogP contribution in [0.2, 0.25) is 0 Å². The molecule has 0 saturated heterocycles. The zero-order chi connectivity index (χ0) is 16.2. The number of amides is 1. The summed E-state index contributed by atoms with van der Waals surface area (Å²) < 4.78 is 5.39. The smallest absolute Gasteiger partial charge is 0.230 e. The second-order valence-corrected chi connectivity index (χ2v) is 5.22. The van der Waals surface area contributed by atoms with Crippen molar-refractivity contribution in [2.24, 2.45) is 0 Å². The van der Waals surface area contributed by atoms with E-state index >= 15 is 0 Å². The van der Waals surface area contributed by atoms with E-state index in [1.807, 2.05) is 50.2 Å². The second-order valence-electron chi connectivity index (χ2n) is 5.22. The number of aromatic amines is 1. The van der Waals surface area contributed by atoms with E-state index in [4.69, 9.17) is 4.74 Å². The third kappa shape index (κ3) is 3.48. The highest BCUT2D eigenvalue weighted by molar-refractivity contribution is 5.99. The number of fused-ring (bicyclic) bond motifs is 1. The minimum atomic E-state index is -0.122. The summed E-state index contributed by atoms with van der Waals surface area (Å²) in [5.41, 5.74) is 2.48. The Morgan fingerprint density at radius 3 is 2.74 bits per heavy atom. The Morgan fingerprint density at radius 1 is 1.22 bits per heavy atom. The van der Waals surface area contributed by atoms with E-state index in [1.54, 1.807) is 0 Å². The Kier molecular flexibility index (Phi) is 4.23. The summed E-state index contributed by atoms with van der Waals surface area (Å²) in [5.74, 6) is 1.18. The van der Waals surface area contributed by atoms with Crippen LogP contribution in [-0.2, 0) is 11.2 Å². The Balaban J connectivity index is 1.68. The zero-order valence-corrected chi connectivity index (χ0v) is 13.1. The molecular formula is C17H18N4O2. The van der Waals surface area contributed by atoms with Gasteiger partial charge in [0.2, 0.25) is 5.91 Å². The van der Waals surface area contributed by atoms with Crippen LogP contribution in [0.25, 0.3) is 11.0 Å². The Bertz CT molecular complexity index is 824. The van der Waals surface area contributed by atoms with Crippen molar-refractivity contribution in [1.29, 1.82) is 0 Å². The fraction of sp³-hybridized carbons (Fsp3) is 0.235. The van der Waals surface area contributed by atoms with Crippen LogP contribution in [0, 0.1) is 6.92 Å². The minimum absolute atomic E-state index is 0.122. The van der Waals surface area contributed by atoms with E-state index in [9.17, 15) is 4.79 Å². The lowest BCUT2D eigenvalue weighted by Gasteiger charge is -2.05. The van der Waals surface area contributed by atoms with E-state index in [0.717, 1.165) is 22.4 Å². The highest BCUT2D eigenvalue weighted by atomic mass is 16.5. The predicted molar refractivity (Wildman–Crippen MR) is 88.6 cm³/mol. The molecule has 2 aromatic heterocycles. The fourth-order valence-corrected chi connectivity index (χ4v) is 2.33. The fourth-order valence-electron chi connectivity index (χ4n) is 2.33. The number of aryl methyl sites for hydroxylation is 1. The molecule has 0 fully saturated rings. The van der Waals surface area contributed by atoms with Crippen LogP contribution in [-0.4, -0.2) is 27.7 Å². The summed E-state index contributed by atoms with van der Waals surface area (Å²) in [4.78, 5) is 16.5. The van der Waals surface area contributed by atoms with Crippen LogP contribution in [0.4, 0.5) is 5.82 Å². The molecule has 0 atom stereocenters. The van der Waals surface area contributed by atoms with Crippen LogP contribution in [0.1, 0.15) is 18.2 Å². The van der Waals surface area contributed by atoms with Crippen molar-refractivity contribution in [2.45, 2.75) is 20.3 Å². The SMILES string of the molecule is CCOc1ccc(CC(=O)Nc2n[nH]c3nc(C)ccc23)cc1. The molecule has 6 heteroatoms. The van der Waals surface area contributed by atoms with Crippen LogP contribution >= 0.6 is 0 Å². The molecule has 0 unspecified atom stereocenters. The normalized spacial score (nSPS) is 10.7. The number of carbonyl (C=O) groups excluding carboxylic acids is 1. The van der Waals surface area contributed by atoms with Gasteiger partial charge >= 0.3 is 0 Å². The molecule has 2 heterocycles. The molecule has 3 rings (SSSR count). The van der Waals surface area contributed by atoms with Gasteiger partial charge in [-0.1, -0.05) is 12.1 Å². The van der Waals surface area contributed by atoms with Crippen LogP contribution < -0.4 is 10.1 Å². The number of anilines is 1. The van der Waals surface area contributed by atoms with Crippen molar-refractivity contribution in [1.82, 2.24) is 15.2 Å². The van der Waals surface area contributed by atoms with Gasteiger partial charge in [-0.2, -0.15) is 5.10 Å². The van der Waals surface area contributed by atoms with E-state index < -0.39 is 0 Å². The zero-order valence-electron chi connectivity index (χ0n) is 13.1. The summed E-state index contributed by atoms with van der Waals surface area (Å²) in [6.07, 6.45) is 0.278. The molecule has 118 valence electrons. The molecular weight excluding hydrogens is 292 g/mol. The molecule has 0 spiro atoms. The average Bonchev–Trinajstić information content (AvgIpc) is 2.91. The van der Waals surface area contributed by atoms with Crippen molar-refractivity contribution in [3.8, 4) is 5.75 Å². The molecule has 1 amide bonds. The lowest BCUT2D eigenvalue weighted by molar-refractivity contribution is -0.115. The molecule has 0 aliphatic heterocycles. The first-order valence-electron chi connectivity index (χ1n) is 7.49. The number of hydrogen-bond acceptors (Lipinski definition) is 4. The third-order valence-electron chi connectivity index (χ3n) is 3.42. The van der Waals surface area contributed by atoms with Gasteiger partial charge in [0.15, 0.2) is 11.5 Å². The molecule has 0 aliphatic carbocycles. The summed E-state index contributed by atoms with van der Waals surface area (Å²) in [7, 11) is 0. The van der Waals surface area contributed by atoms with Crippen molar-refractivity contribution in [3.05, 3.63) is 47.7 Å². The van der Waals surface area contributed by atoms with Crippen molar-refractivity contribution in [2.75, 3.05) is 11.9 Å². The van der Waals surface area contributed by atoms with Gasteiger partial charge in [-0.05, 0) is 43.7 Å². The highest BCUT2D eigenvalue weighted by Crippen LogP contribution is 2.19. The number of H-pyrrole nitrogens is 1. The number of aromatic nitrogens is 3. The van der Waals surface area contributed by atoms with Gasteiger partial charge in [0.05, 0.1) is 18.4 Å². The maximum atomic E-state index is 12.2. The van der Waals surface area contributed by atoms with E-state index in [1.165, 1.54) is 0 Å². The van der Waals surface area contributed by atoms with Crippen molar-refractivity contribution >= 4 is 22.8 Å². The van der Waals surface area contributed by atoms with Gasteiger partial charge in [0.25, 0.3) is 0 Å². The topological polar surface area (TPSA) is 79.9 Å². The second kappa shape index (κ2) is 6.48. The van der Waals surface area contributed by atoms with Gasteiger partial charge in [-0.15, -0.1) is 0 Å². The first kappa shape index (κ1) is 15.0. The maximum Gasteiger partial charge on any atom is 0.230 e. The molecule has 0 aliphatic rings. The number of ether oxygens (including phenoxy) is 1. The number of nitrogens with zero attached hydrogens (tertiary/aromatic N) is 2. The number of benzene rings is 1. The minimum Gasteiger partial charge on any atom is -0.494 e. The van der Waals surface area contributed by atoms with Gasteiger partial charge in [0.1, 0.15) is 5.75 Å². The summed E-state index contributed by atoms with van der Waals surface area (Å²) in [6.45, 7) is 4.47. The number of pyridine rings is 1. The maximum absolute atomic E-state index is 12.2.